The summed E-state index contributed by atoms with van der Waals surface area (Å²) >= 11 is 0. The average Bonchev–Trinajstić information content (AvgIpc) is 3.38. The van der Waals surface area contributed by atoms with Crippen molar-refractivity contribution >= 4 is 18.0 Å². The van der Waals surface area contributed by atoms with Crippen LogP contribution in [0.5, 0.6) is 5.88 Å². The Kier molecular flexibility index (Phi) is 7.81. The van der Waals surface area contributed by atoms with E-state index in [1.54, 1.807) is 17.2 Å². The number of nitrogens with zero attached hydrogens (tertiary/aromatic N) is 3. The second-order valence-corrected chi connectivity index (χ2v) is 8.49. The van der Waals surface area contributed by atoms with Gasteiger partial charge in [0.05, 0.1) is 19.8 Å². The summed E-state index contributed by atoms with van der Waals surface area (Å²) in [4.78, 5) is 33.9. The number of carbonyl (C=O) groups excluding carboxylic acids is 2. The van der Waals surface area contributed by atoms with E-state index in [4.69, 9.17) is 23.7 Å². The first-order valence-electron chi connectivity index (χ1n) is 11.6. The van der Waals surface area contributed by atoms with Gasteiger partial charge in [0.15, 0.2) is 12.2 Å². The summed E-state index contributed by atoms with van der Waals surface area (Å²) in [7, 11) is 0. The van der Waals surface area contributed by atoms with Crippen LogP contribution in [0.3, 0.4) is 0 Å². The molecule has 11 nitrogen and oxygen atoms in total. The topological polar surface area (TPSA) is 121 Å². The van der Waals surface area contributed by atoms with Crippen molar-refractivity contribution < 1.29 is 33.3 Å². The van der Waals surface area contributed by atoms with Gasteiger partial charge in [0.1, 0.15) is 12.2 Å². The molecule has 3 fully saturated rings. The van der Waals surface area contributed by atoms with Crippen molar-refractivity contribution in [3.8, 4) is 5.88 Å². The Morgan fingerprint density at radius 2 is 1.91 bits per heavy atom. The van der Waals surface area contributed by atoms with Crippen molar-refractivity contribution in [3.05, 3.63) is 12.3 Å². The largest absolute Gasteiger partial charge is 0.469 e. The van der Waals surface area contributed by atoms with Crippen LogP contribution >= 0.6 is 0 Å². The molecule has 0 unspecified atom stereocenters. The van der Waals surface area contributed by atoms with Gasteiger partial charge in [-0.2, -0.15) is 4.98 Å². The Balaban J connectivity index is 1.25. The van der Waals surface area contributed by atoms with Gasteiger partial charge >= 0.3 is 12.1 Å². The van der Waals surface area contributed by atoms with Crippen molar-refractivity contribution in [1.29, 1.82) is 0 Å². The van der Waals surface area contributed by atoms with E-state index in [1.807, 2.05) is 0 Å². The molecule has 0 bridgehead atoms. The van der Waals surface area contributed by atoms with E-state index >= 15 is 0 Å². The maximum atomic E-state index is 12.1. The lowest BCUT2D eigenvalue weighted by Crippen LogP contribution is -2.42. The standard InChI is InChI=1S/C22H32N4O7/c1-3-4-11-29-22(28)26-9-6-15(7-10-26)24-21-23-8-5-18(25-21)33-17-13-31-19-16(32-14(2)27)12-30-20(17)19/h5,8,15-17,19-20H,3-4,6-7,9-13H2,1-2H3,(H,23,24,25)/t16-,17-,19+,20+/m0/s1. The van der Waals surface area contributed by atoms with Gasteiger partial charge < -0.3 is 33.9 Å². The number of aromatic nitrogens is 2. The predicted octanol–water partition coefficient (Wildman–Crippen LogP) is 1.77. The lowest BCUT2D eigenvalue weighted by Gasteiger charge is -2.31. The van der Waals surface area contributed by atoms with Crippen molar-refractivity contribution in [3.63, 3.8) is 0 Å². The number of piperidine rings is 1. The number of unbranched alkanes of at least 4 members (excludes halogenated alkanes) is 1. The molecule has 33 heavy (non-hydrogen) atoms. The van der Waals surface area contributed by atoms with Gasteiger partial charge in [-0.3, -0.25) is 4.79 Å². The van der Waals surface area contributed by atoms with Gasteiger partial charge in [0, 0.05) is 38.3 Å². The molecule has 4 heterocycles. The fourth-order valence-electron chi connectivity index (χ4n) is 4.26. The van der Waals surface area contributed by atoms with Gasteiger partial charge in [-0.25, -0.2) is 9.78 Å². The minimum absolute atomic E-state index is 0.154. The van der Waals surface area contributed by atoms with Gasteiger partial charge in [0.25, 0.3) is 0 Å². The Labute approximate surface area is 193 Å². The summed E-state index contributed by atoms with van der Waals surface area (Å²) in [6.07, 6.45) is 3.42. The van der Waals surface area contributed by atoms with Crippen molar-refractivity contribution in [2.24, 2.45) is 0 Å². The number of carbonyl (C=O) groups is 2. The lowest BCUT2D eigenvalue weighted by molar-refractivity contribution is -0.150. The Morgan fingerprint density at radius 3 is 2.64 bits per heavy atom. The van der Waals surface area contributed by atoms with Gasteiger partial charge in [0.2, 0.25) is 11.8 Å². The maximum absolute atomic E-state index is 12.1. The number of fused-ring (bicyclic) bond motifs is 1. The molecule has 0 aliphatic carbocycles. The summed E-state index contributed by atoms with van der Waals surface area (Å²) in [5.41, 5.74) is 0. The summed E-state index contributed by atoms with van der Waals surface area (Å²) in [6.45, 7) is 5.77. The zero-order valence-electron chi connectivity index (χ0n) is 19.1. The highest BCUT2D eigenvalue weighted by Gasteiger charge is 2.50. The van der Waals surface area contributed by atoms with Gasteiger partial charge in [-0.15, -0.1) is 0 Å². The van der Waals surface area contributed by atoms with Crippen molar-refractivity contribution in [2.75, 3.05) is 38.2 Å². The number of nitrogens with one attached hydrogen (secondary N) is 1. The number of amides is 1. The number of hydrogen-bond donors (Lipinski definition) is 1. The number of hydrogen-bond acceptors (Lipinski definition) is 10. The zero-order chi connectivity index (χ0) is 23.2. The first kappa shape index (κ1) is 23.5. The van der Waals surface area contributed by atoms with E-state index in [0.29, 0.717) is 38.1 Å². The molecule has 4 atom stereocenters. The van der Waals surface area contributed by atoms with Crippen LogP contribution in [0.4, 0.5) is 10.7 Å². The summed E-state index contributed by atoms with van der Waals surface area (Å²) < 4.78 is 28.1. The molecule has 3 aliphatic heterocycles. The minimum atomic E-state index is -0.418. The molecule has 0 saturated carbocycles. The van der Waals surface area contributed by atoms with E-state index in [2.05, 4.69) is 22.2 Å². The molecule has 1 aromatic rings. The Morgan fingerprint density at radius 1 is 1.18 bits per heavy atom. The maximum Gasteiger partial charge on any atom is 0.409 e. The van der Waals surface area contributed by atoms with Crippen molar-refractivity contribution in [1.82, 2.24) is 14.9 Å². The highest BCUT2D eigenvalue weighted by molar-refractivity contribution is 5.67. The summed E-state index contributed by atoms with van der Waals surface area (Å²) in [6, 6.07) is 1.84. The summed E-state index contributed by atoms with van der Waals surface area (Å²) in [5.74, 6) is 0.526. The van der Waals surface area contributed by atoms with Crippen LogP contribution < -0.4 is 10.1 Å². The molecule has 0 aromatic carbocycles. The second-order valence-electron chi connectivity index (χ2n) is 8.49. The molecule has 0 radical (unpaired) electrons. The first-order chi connectivity index (χ1) is 16.0. The fourth-order valence-corrected chi connectivity index (χ4v) is 4.26. The van der Waals surface area contributed by atoms with Gasteiger partial charge in [-0.1, -0.05) is 13.3 Å². The number of anilines is 1. The molecule has 0 spiro atoms. The quantitative estimate of drug-likeness (QED) is 0.450. The SMILES string of the molecule is CCCCOC(=O)N1CCC(Nc2nccc(O[C@H]3CO[C@H]4[C@@H]3OC[C@@H]4OC(C)=O)n2)CC1. The predicted molar refractivity (Wildman–Crippen MR) is 116 cm³/mol. The number of esters is 1. The fraction of sp³-hybridized carbons (Fsp3) is 0.727. The van der Waals surface area contributed by atoms with E-state index in [-0.39, 0.29) is 43.0 Å². The zero-order valence-corrected chi connectivity index (χ0v) is 19.1. The van der Waals surface area contributed by atoms with Crippen molar-refractivity contribution in [2.45, 2.75) is 70.0 Å². The van der Waals surface area contributed by atoms with Crippen LogP contribution in [0.2, 0.25) is 0 Å². The second kappa shape index (κ2) is 11.0. The molecular formula is C22H32N4O7. The van der Waals surface area contributed by atoms with Crippen LogP contribution in [-0.4, -0.2) is 90.3 Å². The smallest absolute Gasteiger partial charge is 0.409 e. The first-order valence-corrected chi connectivity index (χ1v) is 11.6. The van der Waals surface area contributed by atoms with Crippen LogP contribution in [-0.2, 0) is 23.7 Å². The number of rotatable bonds is 8. The van der Waals surface area contributed by atoms with Crippen LogP contribution in [0, 0.1) is 0 Å². The highest BCUT2D eigenvalue weighted by atomic mass is 16.7. The lowest BCUT2D eigenvalue weighted by atomic mass is 10.1. The van der Waals surface area contributed by atoms with Crippen LogP contribution in [0.25, 0.3) is 0 Å². The third kappa shape index (κ3) is 6.02. The number of likely N-dealkylation sites (tertiary alicyclic amines) is 1. The van der Waals surface area contributed by atoms with E-state index in [0.717, 1.165) is 25.7 Å². The van der Waals surface area contributed by atoms with Gasteiger partial charge in [-0.05, 0) is 19.3 Å². The molecular weight excluding hydrogens is 432 g/mol. The monoisotopic (exact) mass is 464 g/mol. The van der Waals surface area contributed by atoms with E-state index < -0.39 is 6.10 Å². The molecule has 1 N–H and O–H groups in total. The van der Waals surface area contributed by atoms with Crippen LogP contribution in [0.1, 0.15) is 39.5 Å². The molecule has 11 heteroatoms. The molecule has 3 aliphatic rings. The van der Waals surface area contributed by atoms with E-state index in [9.17, 15) is 9.59 Å². The third-order valence-corrected chi connectivity index (χ3v) is 5.99. The molecule has 182 valence electrons. The molecule has 3 saturated heterocycles. The van der Waals surface area contributed by atoms with E-state index in [1.165, 1.54) is 6.92 Å². The minimum Gasteiger partial charge on any atom is -0.469 e. The van der Waals surface area contributed by atoms with Crippen LogP contribution in [0.15, 0.2) is 12.3 Å². The number of ether oxygens (including phenoxy) is 5. The normalized spacial score (nSPS) is 27.2. The summed E-state index contributed by atoms with van der Waals surface area (Å²) in [5, 5.41) is 3.33. The third-order valence-electron chi connectivity index (χ3n) is 5.99. The molecule has 1 amide bonds. The molecule has 1 aromatic heterocycles. The molecule has 4 rings (SSSR count). The average molecular weight is 465 g/mol. The Bertz CT molecular complexity index is 818. The highest BCUT2D eigenvalue weighted by Crippen LogP contribution is 2.31. The Hall–Kier alpha value is -2.66.